The van der Waals surface area contributed by atoms with Crippen LogP contribution in [-0.2, 0) is 6.42 Å². The SMILES string of the molecule is Cc1ccc(-n2cc3c(c(C(=O)Nc4ccc(C)cn4)c2=O)CC(C)(C)CC3=O)cc1. The number of rotatable bonds is 3. The van der Waals surface area contributed by atoms with Gasteiger partial charge >= 0.3 is 0 Å². The Hall–Kier alpha value is -3.54. The van der Waals surface area contributed by atoms with Gasteiger partial charge in [-0.15, -0.1) is 0 Å². The first kappa shape index (κ1) is 20.7. The Bertz CT molecular complexity index is 1240. The van der Waals surface area contributed by atoms with Crippen molar-refractivity contribution in [2.45, 2.75) is 40.5 Å². The highest BCUT2D eigenvalue weighted by molar-refractivity contribution is 6.08. The number of anilines is 1. The molecular formula is C25H25N3O3. The number of nitrogens with one attached hydrogen (secondary N) is 1. The molecule has 1 aliphatic rings. The minimum absolute atomic E-state index is 0.00146. The summed E-state index contributed by atoms with van der Waals surface area (Å²) in [7, 11) is 0. The maximum Gasteiger partial charge on any atom is 0.268 e. The fraction of sp³-hybridized carbons (Fsp3) is 0.280. The summed E-state index contributed by atoms with van der Waals surface area (Å²) in [4.78, 5) is 43.9. The molecule has 2 aromatic heterocycles. The third kappa shape index (κ3) is 4.06. The van der Waals surface area contributed by atoms with Gasteiger partial charge in [0.25, 0.3) is 11.5 Å². The van der Waals surface area contributed by atoms with Crippen molar-refractivity contribution in [3.8, 4) is 5.69 Å². The number of benzene rings is 1. The Labute approximate surface area is 181 Å². The molecule has 0 radical (unpaired) electrons. The van der Waals surface area contributed by atoms with Crippen LogP contribution in [-0.4, -0.2) is 21.2 Å². The Balaban J connectivity index is 1.90. The number of carbonyl (C=O) groups excluding carboxylic acids is 2. The molecule has 6 nitrogen and oxygen atoms in total. The van der Waals surface area contributed by atoms with E-state index in [9.17, 15) is 14.4 Å². The van der Waals surface area contributed by atoms with E-state index in [2.05, 4.69) is 10.3 Å². The molecule has 1 aromatic carbocycles. The van der Waals surface area contributed by atoms with Gasteiger partial charge in [0, 0.05) is 30.1 Å². The first-order valence-corrected chi connectivity index (χ1v) is 10.3. The molecule has 1 N–H and O–H groups in total. The number of hydrogen-bond donors (Lipinski definition) is 1. The number of aryl methyl sites for hydroxylation is 2. The van der Waals surface area contributed by atoms with Gasteiger partial charge in [-0.1, -0.05) is 37.6 Å². The minimum atomic E-state index is -0.551. The van der Waals surface area contributed by atoms with Crippen molar-refractivity contribution >= 4 is 17.5 Å². The summed E-state index contributed by atoms with van der Waals surface area (Å²) < 4.78 is 1.39. The summed E-state index contributed by atoms with van der Waals surface area (Å²) in [5.41, 5.74) is 2.79. The molecule has 0 atom stereocenters. The lowest BCUT2D eigenvalue weighted by molar-refractivity contribution is 0.0910. The van der Waals surface area contributed by atoms with E-state index < -0.39 is 11.5 Å². The number of carbonyl (C=O) groups is 2. The molecule has 0 fully saturated rings. The van der Waals surface area contributed by atoms with Crippen molar-refractivity contribution in [1.82, 2.24) is 9.55 Å². The monoisotopic (exact) mass is 415 g/mol. The highest BCUT2D eigenvalue weighted by Gasteiger charge is 2.36. The van der Waals surface area contributed by atoms with Crippen LogP contribution in [0.1, 0.15) is 57.7 Å². The molecule has 158 valence electrons. The number of aromatic nitrogens is 2. The van der Waals surface area contributed by atoms with Gasteiger partial charge in [0.2, 0.25) is 0 Å². The van der Waals surface area contributed by atoms with Crippen LogP contribution in [0.3, 0.4) is 0 Å². The van der Waals surface area contributed by atoms with Gasteiger partial charge in [0.1, 0.15) is 11.4 Å². The van der Waals surface area contributed by atoms with Gasteiger partial charge in [-0.3, -0.25) is 19.0 Å². The normalized spacial score (nSPS) is 14.8. The van der Waals surface area contributed by atoms with E-state index >= 15 is 0 Å². The van der Waals surface area contributed by atoms with E-state index in [0.29, 0.717) is 35.5 Å². The predicted octanol–water partition coefficient (Wildman–Crippen LogP) is 4.26. The largest absolute Gasteiger partial charge is 0.306 e. The Kier molecular flexibility index (Phi) is 5.09. The van der Waals surface area contributed by atoms with E-state index in [1.807, 2.05) is 58.0 Å². The van der Waals surface area contributed by atoms with Crippen molar-refractivity contribution in [1.29, 1.82) is 0 Å². The smallest absolute Gasteiger partial charge is 0.268 e. The maximum absolute atomic E-state index is 13.5. The van der Waals surface area contributed by atoms with Gasteiger partial charge in [0.05, 0.1) is 0 Å². The topological polar surface area (TPSA) is 81.1 Å². The Morgan fingerprint density at radius 1 is 1.00 bits per heavy atom. The van der Waals surface area contributed by atoms with Gasteiger partial charge in [-0.25, -0.2) is 4.98 Å². The van der Waals surface area contributed by atoms with Crippen molar-refractivity contribution in [3.63, 3.8) is 0 Å². The Morgan fingerprint density at radius 2 is 1.68 bits per heavy atom. The highest BCUT2D eigenvalue weighted by Crippen LogP contribution is 2.36. The standard InChI is InChI=1S/C25H25N3O3/c1-15-5-8-17(9-6-15)28-14-19-18(11-25(3,4)12-20(19)29)22(24(28)31)23(30)27-21-10-7-16(2)13-26-21/h5-10,13-14H,11-12H2,1-4H3,(H,26,27,30). The van der Waals surface area contributed by atoms with Gasteiger partial charge in [-0.05, 0) is 55.0 Å². The number of pyridine rings is 2. The zero-order valence-corrected chi connectivity index (χ0v) is 18.2. The molecule has 31 heavy (non-hydrogen) atoms. The van der Waals surface area contributed by atoms with Crippen LogP contribution < -0.4 is 10.9 Å². The highest BCUT2D eigenvalue weighted by atomic mass is 16.2. The summed E-state index contributed by atoms with van der Waals surface area (Å²) in [6.07, 6.45) is 4.07. The van der Waals surface area contributed by atoms with Crippen LogP contribution in [0, 0.1) is 19.3 Å². The maximum atomic E-state index is 13.5. The lowest BCUT2D eigenvalue weighted by Gasteiger charge is -2.31. The van der Waals surface area contributed by atoms with Gasteiger partial charge in [-0.2, -0.15) is 0 Å². The van der Waals surface area contributed by atoms with E-state index in [4.69, 9.17) is 0 Å². The second-order valence-electron chi connectivity index (χ2n) is 9.02. The van der Waals surface area contributed by atoms with Gasteiger partial charge in [0.15, 0.2) is 5.78 Å². The summed E-state index contributed by atoms with van der Waals surface area (Å²) in [6.45, 7) is 7.81. The molecule has 0 saturated carbocycles. The lowest BCUT2D eigenvalue weighted by Crippen LogP contribution is -2.37. The molecule has 0 aliphatic heterocycles. The third-order valence-corrected chi connectivity index (χ3v) is 5.60. The van der Waals surface area contributed by atoms with Crippen LogP contribution in [0.2, 0.25) is 0 Å². The number of Topliss-reactive ketones (excluding diaryl/α,β-unsaturated/α-hetero) is 1. The predicted molar refractivity (Wildman–Crippen MR) is 120 cm³/mol. The van der Waals surface area contributed by atoms with E-state index in [-0.39, 0.29) is 16.8 Å². The number of hydrogen-bond acceptors (Lipinski definition) is 4. The zero-order chi connectivity index (χ0) is 22.3. The van der Waals surface area contributed by atoms with Crippen molar-refractivity contribution in [3.05, 3.63) is 87.0 Å². The van der Waals surface area contributed by atoms with E-state index in [0.717, 1.165) is 11.1 Å². The summed E-state index contributed by atoms with van der Waals surface area (Å²) >= 11 is 0. The van der Waals surface area contributed by atoms with Crippen LogP contribution >= 0.6 is 0 Å². The minimum Gasteiger partial charge on any atom is -0.306 e. The number of nitrogens with zero attached hydrogens (tertiary/aromatic N) is 2. The second-order valence-corrected chi connectivity index (χ2v) is 9.02. The van der Waals surface area contributed by atoms with Crippen molar-refractivity contribution in [2.24, 2.45) is 5.41 Å². The second kappa shape index (κ2) is 7.61. The molecule has 0 unspecified atom stereocenters. The third-order valence-electron chi connectivity index (χ3n) is 5.60. The number of fused-ring (bicyclic) bond motifs is 1. The molecule has 0 spiro atoms. The van der Waals surface area contributed by atoms with Crippen LogP contribution in [0.15, 0.2) is 53.6 Å². The fourth-order valence-electron chi connectivity index (χ4n) is 4.00. The van der Waals surface area contributed by atoms with Crippen molar-refractivity contribution in [2.75, 3.05) is 5.32 Å². The fourth-order valence-corrected chi connectivity index (χ4v) is 4.00. The Morgan fingerprint density at radius 3 is 2.32 bits per heavy atom. The lowest BCUT2D eigenvalue weighted by atomic mass is 9.73. The number of amides is 1. The van der Waals surface area contributed by atoms with Crippen molar-refractivity contribution < 1.29 is 9.59 Å². The summed E-state index contributed by atoms with van der Waals surface area (Å²) in [6, 6.07) is 10.9. The molecular weight excluding hydrogens is 390 g/mol. The van der Waals surface area contributed by atoms with Crippen LogP contribution in [0.5, 0.6) is 0 Å². The van der Waals surface area contributed by atoms with E-state index in [1.54, 1.807) is 18.5 Å². The average molecular weight is 415 g/mol. The zero-order valence-electron chi connectivity index (χ0n) is 18.2. The molecule has 1 amide bonds. The first-order chi connectivity index (χ1) is 14.6. The van der Waals surface area contributed by atoms with Crippen LogP contribution in [0.25, 0.3) is 5.69 Å². The quantitative estimate of drug-likeness (QED) is 0.693. The molecule has 2 heterocycles. The average Bonchev–Trinajstić information content (AvgIpc) is 2.69. The first-order valence-electron chi connectivity index (χ1n) is 10.3. The summed E-state index contributed by atoms with van der Waals surface area (Å²) in [5.74, 6) is -0.255. The molecule has 6 heteroatoms. The number of ketones is 1. The molecule has 4 rings (SSSR count). The molecule has 0 saturated heterocycles. The molecule has 3 aromatic rings. The molecule has 1 aliphatic carbocycles. The summed E-state index contributed by atoms with van der Waals surface area (Å²) in [5, 5.41) is 2.73. The van der Waals surface area contributed by atoms with E-state index in [1.165, 1.54) is 4.57 Å². The molecule has 0 bridgehead atoms. The van der Waals surface area contributed by atoms with Crippen LogP contribution in [0.4, 0.5) is 5.82 Å². The van der Waals surface area contributed by atoms with Gasteiger partial charge < -0.3 is 5.32 Å².